The van der Waals surface area contributed by atoms with Gasteiger partial charge >= 0.3 is 0 Å². The zero-order valence-electron chi connectivity index (χ0n) is 16.2. The predicted molar refractivity (Wildman–Crippen MR) is 115 cm³/mol. The third kappa shape index (κ3) is 4.81. The molecule has 1 fully saturated rings. The van der Waals surface area contributed by atoms with Crippen molar-refractivity contribution >= 4 is 11.6 Å². The summed E-state index contributed by atoms with van der Waals surface area (Å²) in [7, 11) is 0. The Morgan fingerprint density at radius 1 is 0.714 bits per heavy atom. The van der Waals surface area contributed by atoms with Crippen molar-refractivity contribution in [2.45, 2.75) is 38.6 Å². The summed E-state index contributed by atoms with van der Waals surface area (Å²) < 4.78 is 0. The molecule has 0 spiro atoms. The van der Waals surface area contributed by atoms with Gasteiger partial charge in [0.05, 0.1) is 6.54 Å². The summed E-state index contributed by atoms with van der Waals surface area (Å²) in [6, 6.07) is 18.1. The van der Waals surface area contributed by atoms with Gasteiger partial charge in [0.15, 0.2) is 0 Å². The van der Waals surface area contributed by atoms with Crippen molar-refractivity contribution in [2.75, 3.05) is 19.6 Å². The van der Waals surface area contributed by atoms with Crippen LogP contribution < -0.4 is 0 Å². The third-order valence-electron chi connectivity index (χ3n) is 5.35. The molecule has 0 aliphatic carbocycles. The van der Waals surface area contributed by atoms with Crippen LogP contribution in [-0.4, -0.2) is 39.5 Å². The van der Waals surface area contributed by atoms with Crippen LogP contribution in [0.15, 0.2) is 54.6 Å². The molecule has 0 amide bonds. The highest BCUT2D eigenvalue weighted by atomic mass is 35.5. The molecule has 0 atom stereocenters. The molecule has 28 heavy (non-hydrogen) atoms. The molecule has 1 aromatic heterocycles. The Morgan fingerprint density at radius 3 is 1.96 bits per heavy atom. The van der Waals surface area contributed by atoms with E-state index < -0.39 is 0 Å². The first-order chi connectivity index (χ1) is 13.8. The average Bonchev–Trinajstić information content (AvgIpc) is 2.97. The van der Waals surface area contributed by atoms with Gasteiger partial charge in [-0.15, -0.1) is 0 Å². The van der Waals surface area contributed by atoms with Crippen LogP contribution in [-0.2, 0) is 6.54 Å². The van der Waals surface area contributed by atoms with Crippen LogP contribution in [0.2, 0.25) is 5.02 Å². The molecule has 0 bridgehead atoms. The summed E-state index contributed by atoms with van der Waals surface area (Å²) in [5, 5.41) is 10.4. The number of benzene rings is 2. The lowest BCUT2D eigenvalue weighted by Gasteiger charge is -2.19. The molecule has 1 saturated heterocycles. The molecule has 1 aliphatic heterocycles. The average molecular weight is 395 g/mol. The Hall–Kier alpha value is -2.17. The number of likely N-dealkylation sites (tertiary alicyclic amines) is 1. The summed E-state index contributed by atoms with van der Waals surface area (Å²) >= 11 is 6.07. The molecule has 4 rings (SSSR count). The van der Waals surface area contributed by atoms with Crippen LogP contribution in [0.3, 0.4) is 0 Å². The smallest absolute Gasteiger partial charge is 0.121 e. The largest absolute Gasteiger partial charge is 0.303 e. The van der Waals surface area contributed by atoms with E-state index in [4.69, 9.17) is 21.8 Å². The van der Waals surface area contributed by atoms with Crippen molar-refractivity contribution in [1.29, 1.82) is 0 Å². The van der Waals surface area contributed by atoms with E-state index in [0.29, 0.717) is 0 Å². The second-order valence-corrected chi connectivity index (χ2v) is 7.91. The van der Waals surface area contributed by atoms with E-state index in [1.54, 1.807) is 0 Å². The molecule has 4 nitrogen and oxygen atoms in total. The molecular formula is C23H27ClN4. The second kappa shape index (κ2) is 9.35. The monoisotopic (exact) mass is 394 g/mol. The minimum absolute atomic E-state index is 0.731. The predicted octanol–water partition coefficient (Wildman–Crippen LogP) is 5.53. The standard InChI is InChI=1S/C23H27ClN4/c24-21-13-11-20(12-14-21)23-22(19-9-4-3-5-10-19)25-28(26-23)18-8-17-27-15-6-1-2-7-16-27/h3-5,9-14H,1-2,6-8,15-18H2. The van der Waals surface area contributed by atoms with Crippen LogP contribution in [0, 0.1) is 0 Å². The van der Waals surface area contributed by atoms with Gasteiger partial charge in [0.25, 0.3) is 0 Å². The van der Waals surface area contributed by atoms with Crippen molar-refractivity contribution in [3.05, 3.63) is 59.6 Å². The summed E-state index contributed by atoms with van der Waals surface area (Å²) in [5.74, 6) is 0. The van der Waals surface area contributed by atoms with E-state index in [1.165, 1.54) is 38.8 Å². The fraction of sp³-hybridized carbons (Fsp3) is 0.391. The van der Waals surface area contributed by atoms with E-state index in [1.807, 2.05) is 47.3 Å². The molecule has 0 N–H and O–H groups in total. The molecule has 146 valence electrons. The van der Waals surface area contributed by atoms with Crippen LogP contribution in [0.5, 0.6) is 0 Å². The summed E-state index contributed by atoms with van der Waals surface area (Å²) in [6.45, 7) is 4.43. The van der Waals surface area contributed by atoms with Gasteiger partial charge in [0.1, 0.15) is 11.4 Å². The van der Waals surface area contributed by atoms with Crippen LogP contribution in [0.4, 0.5) is 0 Å². The van der Waals surface area contributed by atoms with Gasteiger partial charge < -0.3 is 4.90 Å². The Kier molecular flexibility index (Phi) is 6.40. The molecule has 0 saturated carbocycles. The highest BCUT2D eigenvalue weighted by Crippen LogP contribution is 2.29. The number of nitrogens with zero attached hydrogens (tertiary/aromatic N) is 4. The first kappa shape index (κ1) is 19.2. The molecule has 2 aromatic carbocycles. The Morgan fingerprint density at radius 2 is 1.32 bits per heavy atom. The van der Waals surface area contributed by atoms with Gasteiger partial charge in [-0.2, -0.15) is 15.0 Å². The normalized spacial score (nSPS) is 15.5. The lowest BCUT2D eigenvalue weighted by molar-refractivity contribution is 0.271. The van der Waals surface area contributed by atoms with Gasteiger partial charge in [-0.05, 0) is 51.0 Å². The van der Waals surface area contributed by atoms with Crippen LogP contribution in [0.1, 0.15) is 32.1 Å². The van der Waals surface area contributed by atoms with Crippen LogP contribution >= 0.6 is 11.6 Å². The Labute approximate surface area is 172 Å². The number of hydrogen-bond donors (Lipinski definition) is 0. The van der Waals surface area contributed by atoms with Crippen LogP contribution in [0.25, 0.3) is 22.5 Å². The SMILES string of the molecule is Clc1ccc(-c2nn(CCCN3CCCCCC3)nc2-c2ccccc2)cc1. The van der Waals surface area contributed by atoms with Crippen molar-refractivity contribution in [3.63, 3.8) is 0 Å². The van der Waals surface area contributed by atoms with Crippen molar-refractivity contribution < 1.29 is 0 Å². The Balaban J connectivity index is 1.52. The fourth-order valence-electron chi connectivity index (χ4n) is 3.84. The minimum atomic E-state index is 0.731. The van der Waals surface area contributed by atoms with Gasteiger partial charge in [0, 0.05) is 16.1 Å². The summed E-state index contributed by atoms with van der Waals surface area (Å²) in [4.78, 5) is 4.46. The lowest BCUT2D eigenvalue weighted by Crippen LogP contribution is -2.26. The number of hydrogen-bond acceptors (Lipinski definition) is 3. The van der Waals surface area contributed by atoms with Gasteiger partial charge in [-0.3, -0.25) is 0 Å². The highest BCUT2D eigenvalue weighted by molar-refractivity contribution is 6.30. The molecule has 5 heteroatoms. The number of aromatic nitrogens is 3. The molecule has 3 aromatic rings. The summed E-state index contributed by atoms with van der Waals surface area (Å²) in [5.41, 5.74) is 3.98. The van der Waals surface area contributed by atoms with Crippen molar-refractivity contribution in [2.24, 2.45) is 0 Å². The number of halogens is 1. The lowest BCUT2D eigenvalue weighted by atomic mass is 10.1. The molecule has 1 aliphatic rings. The van der Waals surface area contributed by atoms with Crippen molar-refractivity contribution in [1.82, 2.24) is 19.9 Å². The third-order valence-corrected chi connectivity index (χ3v) is 5.60. The number of rotatable bonds is 6. The second-order valence-electron chi connectivity index (χ2n) is 7.48. The highest BCUT2D eigenvalue weighted by Gasteiger charge is 2.15. The van der Waals surface area contributed by atoms with Gasteiger partial charge in [-0.1, -0.05) is 66.9 Å². The first-order valence-corrected chi connectivity index (χ1v) is 10.7. The maximum atomic E-state index is 6.07. The van der Waals surface area contributed by atoms with E-state index in [2.05, 4.69) is 17.0 Å². The fourth-order valence-corrected chi connectivity index (χ4v) is 3.96. The first-order valence-electron chi connectivity index (χ1n) is 10.3. The molecular weight excluding hydrogens is 368 g/mol. The maximum Gasteiger partial charge on any atom is 0.121 e. The van der Waals surface area contributed by atoms with Gasteiger partial charge in [0.2, 0.25) is 0 Å². The zero-order chi connectivity index (χ0) is 19.2. The molecule has 0 radical (unpaired) electrons. The molecule has 0 unspecified atom stereocenters. The maximum absolute atomic E-state index is 6.07. The van der Waals surface area contributed by atoms with E-state index >= 15 is 0 Å². The minimum Gasteiger partial charge on any atom is -0.303 e. The van der Waals surface area contributed by atoms with Crippen molar-refractivity contribution in [3.8, 4) is 22.5 Å². The Bertz CT molecular complexity index is 865. The zero-order valence-corrected chi connectivity index (χ0v) is 17.0. The van der Waals surface area contributed by atoms with E-state index in [0.717, 1.165) is 47.0 Å². The molecule has 2 heterocycles. The van der Waals surface area contributed by atoms with E-state index in [9.17, 15) is 0 Å². The summed E-state index contributed by atoms with van der Waals surface area (Å²) in [6.07, 6.45) is 6.49. The topological polar surface area (TPSA) is 34.0 Å². The quantitative estimate of drug-likeness (QED) is 0.551. The number of aryl methyl sites for hydroxylation is 1. The van der Waals surface area contributed by atoms with E-state index in [-0.39, 0.29) is 0 Å². The van der Waals surface area contributed by atoms with Gasteiger partial charge in [-0.25, -0.2) is 0 Å².